The lowest BCUT2D eigenvalue weighted by Gasteiger charge is -2.10. The van der Waals surface area contributed by atoms with Crippen LogP contribution in [0.2, 0.25) is 0 Å². The molecule has 1 heterocycles. The number of rotatable bonds is 6. The summed E-state index contributed by atoms with van der Waals surface area (Å²) >= 11 is 0. The van der Waals surface area contributed by atoms with E-state index in [4.69, 9.17) is 9.68 Å². The second-order valence-electron chi connectivity index (χ2n) is 4.61. The summed E-state index contributed by atoms with van der Waals surface area (Å²) in [5.41, 5.74) is 1.19. The van der Waals surface area contributed by atoms with E-state index in [-0.39, 0.29) is 0 Å². The van der Waals surface area contributed by atoms with Crippen LogP contribution in [0.25, 0.3) is 10.9 Å². The molecule has 0 unspecified atom stereocenters. The quantitative estimate of drug-likeness (QED) is 0.783. The van der Waals surface area contributed by atoms with E-state index in [1.54, 1.807) is 0 Å². The van der Waals surface area contributed by atoms with Crippen molar-refractivity contribution in [2.45, 2.75) is 13.0 Å². The molecule has 1 aromatic heterocycles. The summed E-state index contributed by atoms with van der Waals surface area (Å²) in [5, 5.41) is 9.73. The Kier molecular flexibility index (Phi) is 4.28. The first-order valence-electron chi connectivity index (χ1n) is 6.07. The standard InChI is InChI=1S/C13H18BN2O2/c1-15(2)7-3-8-16-9-6-11-10-12(18-14-17)4-5-13(11)16/h4-6,9-10,17H,3,7-8H2,1-2H3. The summed E-state index contributed by atoms with van der Waals surface area (Å²) in [6, 6.07) is 7.86. The van der Waals surface area contributed by atoms with Gasteiger partial charge in [0, 0.05) is 23.6 Å². The predicted octanol–water partition coefficient (Wildman–Crippen LogP) is 1.50. The van der Waals surface area contributed by atoms with Crippen LogP contribution in [0, 0.1) is 0 Å². The van der Waals surface area contributed by atoms with Gasteiger partial charge in [0.15, 0.2) is 0 Å². The molecule has 0 amide bonds. The molecule has 0 aliphatic rings. The Morgan fingerprint density at radius 3 is 2.89 bits per heavy atom. The number of benzene rings is 1. The Balaban J connectivity index is 2.10. The highest BCUT2D eigenvalue weighted by molar-refractivity contribution is 6.17. The average molecular weight is 245 g/mol. The molecule has 0 aliphatic carbocycles. The molecule has 0 bridgehead atoms. The first-order valence-corrected chi connectivity index (χ1v) is 6.07. The second kappa shape index (κ2) is 5.93. The third-order valence-corrected chi connectivity index (χ3v) is 2.94. The van der Waals surface area contributed by atoms with Gasteiger partial charge in [0.05, 0.1) is 0 Å². The molecule has 0 saturated carbocycles. The van der Waals surface area contributed by atoms with Crippen molar-refractivity contribution in [1.82, 2.24) is 9.47 Å². The maximum Gasteiger partial charge on any atom is 0.569 e. The van der Waals surface area contributed by atoms with Crippen LogP contribution >= 0.6 is 0 Å². The van der Waals surface area contributed by atoms with Crippen molar-refractivity contribution < 1.29 is 9.68 Å². The van der Waals surface area contributed by atoms with Crippen LogP contribution in [0.5, 0.6) is 5.75 Å². The SMILES string of the molecule is CN(C)CCCn1ccc2cc(O[B]O)ccc21. The van der Waals surface area contributed by atoms with Crippen LogP contribution < -0.4 is 4.65 Å². The first kappa shape index (κ1) is 13.0. The molecule has 95 valence electrons. The van der Waals surface area contributed by atoms with Crippen molar-refractivity contribution >= 4 is 18.6 Å². The highest BCUT2D eigenvalue weighted by atomic mass is 16.5. The molecule has 0 fully saturated rings. The van der Waals surface area contributed by atoms with Crippen LogP contribution in [0.1, 0.15) is 6.42 Å². The number of aryl methyl sites for hydroxylation is 1. The summed E-state index contributed by atoms with van der Waals surface area (Å²) in [6.07, 6.45) is 3.21. The number of aromatic nitrogens is 1. The largest absolute Gasteiger partial charge is 0.569 e. The zero-order valence-electron chi connectivity index (χ0n) is 10.8. The molecule has 2 aromatic rings. The average Bonchev–Trinajstić information content (AvgIpc) is 2.72. The molecule has 1 radical (unpaired) electrons. The lowest BCUT2D eigenvalue weighted by atomic mass is 10.2. The van der Waals surface area contributed by atoms with Gasteiger partial charge in [0.1, 0.15) is 5.75 Å². The highest BCUT2D eigenvalue weighted by Crippen LogP contribution is 2.22. The van der Waals surface area contributed by atoms with Gasteiger partial charge in [-0.3, -0.25) is 0 Å². The third kappa shape index (κ3) is 3.06. The monoisotopic (exact) mass is 245 g/mol. The van der Waals surface area contributed by atoms with Gasteiger partial charge in [-0.1, -0.05) is 0 Å². The van der Waals surface area contributed by atoms with Gasteiger partial charge in [0.25, 0.3) is 0 Å². The molecular formula is C13H18BN2O2. The summed E-state index contributed by atoms with van der Waals surface area (Å²) < 4.78 is 7.19. The van der Waals surface area contributed by atoms with E-state index in [0.29, 0.717) is 13.4 Å². The van der Waals surface area contributed by atoms with Gasteiger partial charge in [-0.05, 0) is 51.3 Å². The highest BCUT2D eigenvalue weighted by Gasteiger charge is 2.03. The molecule has 18 heavy (non-hydrogen) atoms. The molecule has 1 aromatic carbocycles. The normalized spacial score (nSPS) is 11.1. The molecule has 1 N–H and O–H groups in total. The summed E-state index contributed by atoms with van der Waals surface area (Å²) in [5.74, 6) is 0.649. The fourth-order valence-corrected chi connectivity index (χ4v) is 2.06. The first-order chi connectivity index (χ1) is 8.70. The number of fused-ring (bicyclic) bond motifs is 1. The van der Waals surface area contributed by atoms with Crippen molar-refractivity contribution in [1.29, 1.82) is 0 Å². The minimum Gasteiger partial charge on any atom is -0.537 e. The van der Waals surface area contributed by atoms with Crippen molar-refractivity contribution in [2.75, 3.05) is 20.6 Å². The lowest BCUT2D eigenvalue weighted by molar-refractivity contribution is 0.388. The van der Waals surface area contributed by atoms with E-state index in [1.165, 1.54) is 5.52 Å². The Hall–Kier alpha value is -1.46. The smallest absolute Gasteiger partial charge is 0.537 e. The van der Waals surface area contributed by atoms with Crippen LogP contribution in [0.3, 0.4) is 0 Å². The molecule has 0 aliphatic heterocycles. The maximum atomic E-state index is 8.61. The topological polar surface area (TPSA) is 37.6 Å². The van der Waals surface area contributed by atoms with Gasteiger partial charge in [-0.2, -0.15) is 0 Å². The predicted molar refractivity (Wildman–Crippen MR) is 73.7 cm³/mol. The molecule has 4 nitrogen and oxygen atoms in total. The minimum atomic E-state index is 0.649. The van der Waals surface area contributed by atoms with Gasteiger partial charge in [-0.25, -0.2) is 0 Å². The Morgan fingerprint density at radius 1 is 1.33 bits per heavy atom. The lowest BCUT2D eigenvalue weighted by Crippen LogP contribution is -2.14. The van der Waals surface area contributed by atoms with E-state index in [2.05, 4.69) is 35.8 Å². The number of hydrogen-bond donors (Lipinski definition) is 1. The molecule has 0 saturated heterocycles. The fraction of sp³-hybridized carbons (Fsp3) is 0.385. The molecule has 2 rings (SSSR count). The molecule has 0 atom stereocenters. The van der Waals surface area contributed by atoms with E-state index < -0.39 is 0 Å². The van der Waals surface area contributed by atoms with E-state index in [9.17, 15) is 0 Å². The number of hydrogen-bond acceptors (Lipinski definition) is 3. The Labute approximate surface area is 108 Å². The Morgan fingerprint density at radius 2 is 2.17 bits per heavy atom. The molecule has 0 spiro atoms. The summed E-state index contributed by atoms with van der Waals surface area (Å²) in [4.78, 5) is 2.19. The van der Waals surface area contributed by atoms with Crippen molar-refractivity contribution in [3.05, 3.63) is 30.5 Å². The molecule has 5 heteroatoms. The van der Waals surface area contributed by atoms with Crippen LogP contribution in [-0.2, 0) is 6.54 Å². The van der Waals surface area contributed by atoms with Gasteiger partial charge < -0.3 is 19.1 Å². The number of nitrogens with zero attached hydrogens (tertiary/aromatic N) is 2. The maximum absolute atomic E-state index is 8.61. The summed E-state index contributed by atoms with van der Waals surface area (Å²) in [6.45, 7) is 2.09. The third-order valence-electron chi connectivity index (χ3n) is 2.94. The van der Waals surface area contributed by atoms with Crippen LogP contribution in [-0.4, -0.2) is 42.8 Å². The van der Waals surface area contributed by atoms with Gasteiger partial charge in [-0.15, -0.1) is 0 Å². The van der Waals surface area contributed by atoms with Crippen molar-refractivity contribution in [2.24, 2.45) is 0 Å². The van der Waals surface area contributed by atoms with E-state index in [1.807, 2.05) is 18.2 Å². The van der Waals surface area contributed by atoms with Crippen molar-refractivity contribution in [3.63, 3.8) is 0 Å². The minimum absolute atomic E-state index is 0.649. The summed E-state index contributed by atoms with van der Waals surface area (Å²) in [7, 11) is 4.88. The second-order valence-corrected chi connectivity index (χ2v) is 4.61. The van der Waals surface area contributed by atoms with Crippen LogP contribution in [0.15, 0.2) is 30.5 Å². The fourth-order valence-electron chi connectivity index (χ4n) is 2.06. The van der Waals surface area contributed by atoms with Gasteiger partial charge in [0.2, 0.25) is 0 Å². The van der Waals surface area contributed by atoms with E-state index >= 15 is 0 Å². The van der Waals surface area contributed by atoms with Crippen molar-refractivity contribution in [3.8, 4) is 5.75 Å². The van der Waals surface area contributed by atoms with E-state index in [0.717, 1.165) is 24.9 Å². The molecular weight excluding hydrogens is 227 g/mol. The van der Waals surface area contributed by atoms with Gasteiger partial charge >= 0.3 is 7.69 Å². The zero-order chi connectivity index (χ0) is 13.0. The van der Waals surface area contributed by atoms with Crippen LogP contribution in [0.4, 0.5) is 0 Å². The zero-order valence-corrected chi connectivity index (χ0v) is 10.8. The Bertz CT molecular complexity index is 511.